The molecule has 1 aromatic heterocycles. The van der Waals surface area contributed by atoms with E-state index in [9.17, 15) is 9.59 Å². The number of nitrogens with zero attached hydrogens (tertiary/aromatic N) is 2. The highest BCUT2D eigenvalue weighted by molar-refractivity contribution is 7.13. The predicted molar refractivity (Wildman–Crippen MR) is 82.1 cm³/mol. The summed E-state index contributed by atoms with van der Waals surface area (Å²) in [6, 6.07) is 0. The van der Waals surface area contributed by atoms with E-state index >= 15 is 0 Å². The molecule has 0 spiro atoms. The van der Waals surface area contributed by atoms with Gasteiger partial charge in [0.25, 0.3) is 0 Å². The summed E-state index contributed by atoms with van der Waals surface area (Å²) >= 11 is 1.43. The van der Waals surface area contributed by atoms with E-state index in [2.05, 4.69) is 16.4 Å². The Balaban J connectivity index is 1.54. The number of thiazole rings is 1. The van der Waals surface area contributed by atoms with E-state index in [1.54, 1.807) is 11.1 Å². The maximum atomic E-state index is 12.2. The highest BCUT2D eigenvalue weighted by atomic mass is 32.1. The Kier molecular flexibility index (Phi) is 4.34. The zero-order valence-electron chi connectivity index (χ0n) is 11.9. The molecule has 6 heteroatoms. The first kappa shape index (κ1) is 14.3. The minimum Gasteiger partial charge on any atom is -0.352 e. The van der Waals surface area contributed by atoms with Gasteiger partial charge in [-0.2, -0.15) is 0 Å². The van der Waals surface area contributed by atoms with Gasteiger partial charge in [0.05, 0.1) is 5.92 Å². The lowest BCUT2D eigenvalue weighted by atomic mass is 9.99. The SMILES string of the molecule is O=C(NCC1=CCCCC1)C1CC(=O)N(c2nccs2)C1. The molecule has 1 saturated heterocycles. The molecule has 1 atom stereocenters. The summed E-state index contributed by atoms with van der Waals surface area (Å²) in [5, 5.41) is 5.50. The molecule has 2 heterocycles. The van der Waals surface area contributed by atoms with Crippen LogP contribution < -0.4 is 10.2 Å². The van der Waals surface area contributed by atoms with Crippen LogP contribution in [0.1, 0.15) is 32.1 Å². The van der Waals surface area contributed by atoms with E-state index in [4.69, 9.17) is 0 Å². The van der Waals surface area contributed by atoms with Crippen molar-refractivity contribution in [2.45, 2.75) is 32.1 Å². The quantitative estimate of drug-likeness (QED) is 0.867. The third kappa shape index (κ3) is 3.32. The van der Waals surface area contributed by atoms with Crippen molar-refractivity contribution in [1.29, 1.82) is 0 Å². The lowest BCUT2D eigenvalue weighted by molar-refractivity contribution is -0.126. The second-order valence-corrected chi connectivity index (χ2v) is 6.42. The smallest absolute Gasteiger partial charge is 0.229 e. The summed E-state index contributed by atoms with van der Waals surface area (Å²) in [7, 11) is 0. The summed E-state index contributed by atoms with van der Waals surface area (Å²) in [4.78, 5) is 30.0. The first-order valence-electron chi connectivity index (χ1n) is 7.39. The van der Waals surface area contributed by atoms with Gasteiger partial charge >= 0.3 is 0 Å². The van der Waals surface area contributed by atoms with Gasteiger partial charge in [-0.3, -0.25) is 14.5 Å². The summed E-state index contributed by atoms with van der Waals surface area (Å²) in [5.41, 5.74) is 1.32. The fraction of sp³-hybridized carbons (Fsp3) is 0.533. The van der Waals surface area contributed by atoms with E-state index < -0.39 is 0 Å². The van der Waals surface area contributed by atoms with Crippen molar-refractivity contribution in [3.8, 4) is 0 Å². The average molecular weight is 305 g/mol. The largest absolute Gasteiger partial charge is 0.352 e. The van der Waals surface area contributed by atoms with Crippen LogP contribution >= 0.6 is 11.3 Å². The Morgan fingerprint density at radius 2 is 2.38 bits per heavy atom. The summed E-state index contributed by atoms with van der Waals surface area (Å²) in [5.74, 6) is -0.290. The second-order valence-electron chi connectivity index (χ2n) is 5.55. The van der Waals surface area contributed by atoms with Gasteiger partial charge < -0.3 is 5.32 Å². The molecule has 2 amide bonds. The third-order valence-corrected chi connectivity index (χ3v) is 4.82. The van der Waals surface area contributed by atoms with Gasteiger partial charge in [0, 0.05) is 31.1 Å². The standard InChI is InChI=1S/C15H19N3O2S/c19-13-8-12(10-18(13)15-16-6-7-21-15)14(20)17-9-11-4-2-1-3-5-11/h4,6-7,12H,1-3,5,8-10H2,(H,17,20). The Labute approximate surface area is 128 Å². The van der Waals surface area contributed by atoms with Crippen molar-refractivity contribution in [3.05, 3.63) is 23.2 Å². The highest BCUT2D eigenvalue weighted by Gasteiger charge is 2.36. The predicted octanol–water partition coefficient (Wildman–Crippen LogP) is 2.11. The molecular weight excluding hydrogens is 286 g/mol. The van der Waals surface area contributed by atoms with Crippen molar-refractivity contribution in [2.24, 2.45) is 5.92 Å². The van der Waals surface area contributed by atoms with Gasteiger partial charge in [0.1, 0.15) is 0 Å². The van der Waals surface area contributed by atoms with Crippen LogP contribution in [0.25, 0.3) is 0 Å². The van der Waals surface area contributed by atoms with Gasteiger partial charge in [0.15, 0.2) is 5.13 Å². The first-order chi connectivity index (χ1) is 10.2. The molecule has 21 heavy (non-hydrogen) atoms. The normalized spacial score (nSPS) is 22.3. The van der Waals surface area contributed by atoms with Gasteiger partial charge in [0.2, 0.25) is 11.8 Å². The molecule has 0 aromatic carbocycles. The summed E-state index contributed by atoms with van der Waals surface area (Å²) < 4.78 is 0. The number of allylic oxidation sites excluding steroid dienone is 1. The second kappa shape index (κ2) is 6.39. The fourth-order valence-corrected chi connectivity index (χ4v) is 3.50. The van der Waals surface area contributed by atoms with E-state index in [1.165, 1.54) is 29.8 Å². The van der Waals surface area contributed by atoms with Crippen molar-refractivity contribution in [2.75, 3.05) is 18.0 Å². The van der Waals surface area contributed by atoms with Gasteiger partial charge in [-0.05, 0) is 25.7 Å². The van der Waals surface area contributed by atoms with E-state index in [-0.39, 0.29) is 24.2 Å². The number of rotatable bonds is 4. The Bertz CT molecular complexity index is 553. The zero-order valence-corrected chi connectivity index (χ0v) is 12.7. The molecule has 1 N–H and O–H groups in total. The number of hydrogen-bond donors (Lipinski definition) is 1. The average Bonchev–Trinajstić information content (AvgIpc) is 3.15. The Morgan fingerprint density at radius 3 is 3.10 bits per heavy atom. The number of hydrogen-bond acceptors (Lipinski definition) is 4. The Hall–Kier alpha value is -1.69. The van der Waals surface area contributed by atoms with Crippen molar-refractivity contribution >= 4 is 28.3 Å². The van der Waals surface area contributed by atoms with Crippen molar-refractivity contribution in [1.82, 2.24) is 10.3 Å². The molecule has 1 aliphatic carbocycles. The van der Waals surface area contributed by atoms with E-state index in [0.29, 0.717) is 18.2 Å². The van der Waals surface area contributed by atoms with Gasteiger partial charge in [-0.15, -0.1) is 11.3 Å². The van der Waals surface area contributed by atoms with Crippen LogP contribution in [0.2, 0.25) is 0 Å². The van der Waals surface area contributed by atoms with Crippen LogP contribution in [0.3, 0.4) is 0 Å². The maximum Gasteiger partial charge on any atom is 0.229 e. The third-order valence-electron chi connectivity index (χ3n) is 4.02. The number of nitrogens with one attached hydrogen (secondary N) is 1. The van der Waals surface area contributed by atoms with Crippen LogP contribution in [0.15, 0.2) is 23.2 Å². The Morgan fingerprint density at radius 1 is 1.48 bits per heavy atom. The van der Waals surface area contributed by atoms with Crippen LogP contribution in [0.4, 0.5) is 5.13 Å². The maximum absolute atomic E-state index is 12.2. The van der Waals surface area contributed by atoms with Crippen LogP contribution in [0.5, 0.6) is 0 Å². The van der Waals surface area contributed by atoms with Gasteiger partial charge in [-0.25, -0.2) is 4.98 Å². The number of aromatic nitrogens is 1. The number of carbonyl (C=O) groups excluding carboxylic acids is 2. The van der Waals surface area contributed by atoms with E-state index in [1.807, 2.05) is 5.38 Å². The molecule has 2 aliphatic rings. The lowest BCUT2D eigenvalue weighted by Gasteiger charge is -2.16. The molecule has 5 nitrogen and oxygen atoms in total. The van der Waals surface area contributed by atoms with Crippen molar-refractivity contribution < 1.29 is 9.59 Å². The molecule has 1 aliphatic heterocycles. The summed E-state index contributed by atoms with van der Waals surface area (Å²) in [6.07, 6.45) is 8.84. The molecule has 0 saturated carbocycles. The number of anilines is 1. The molecule has 112 valence electrons. The minimum atomic E-state index is -0.259. The molecule has 1 aromatic rings. The molecule has 1 unspecified atom stereocenters. The van der Waals surface area contributed by atoms with Crippen molar-refractivity contribution in [3.63, 3.8) is 0 Å². The van der Waals surface area contributed by atoms with Crippen LogP contribution in [-0.4, -0.2) is 29.9 Å². The number of amides is 2. The minimum absolute atomic E-state index is 0.0121. The monoisotopic (exact) mass is 305 g/mol. The fourth-order valence-electron chi connectivity index (χ4n) is 2.83. The molecule has 0 radical (unpaired) electrons. The van der Waals surface area contributed by atoms with E-state index in [0.717, 1.165) is 12.8 Å². The van der Waals surface area contributed by atoms with Gasteiger partial charge in [-0.1, -0.05) is 11.6 Å². The molecule has 0 bridgehead atoms. The summed E-state index contributed by atoms with van der Waals surface area (Å²) in [6.45, 7) is 1.07. The molecule has 1 fully saturated rings. The first-order valence-corrected chi connectivity index (χ1v) is 8.27. The topological polar surface area (TPSA) is 62.3 Å². The molecule has 3 rings (SSSR count). The zero-order chi connectivity index (χ0) is 14.7. The van der Waals surface area contributed by atoms with Crippen LogP contribution in [0, 0.1) is 5.92 Å². The van der Waals surface area contributed by atoms with Crippen LogP contribution in [-0.2, 0) is 9.59 Å². The highest BCUT2D eigenvalue weighted by Crippen LogP contribution is 2.26. The molecular formula is C15H19N3O2S. The number of carbonyl (C=O) groups is 2. The lowest BCUT2D eigenvalue weighted by Crippen LogP contribution is -2.34.